The smallest absolute Gasteiger partial charge is 0.0547 e. The molecular formula is C48H32N2. The van der Waals surface area contributed by atoms with E-state index in [0.717, 1.165) is 17.1 Å². The molecule has 234 valence electrons. The number of anilines is 3. The van der Waals surface area contributed by atoms with Gasteiger partial charge in [-0.1, -0.05) is 127 Å². The second kappa shape index (κ2) is 11.5. The molecule has 0 N–H and O–H groups in total. The van der Waals surface area contributed by atoms with E-state index in [4.69, 9.17) is 0 Å². The normalized spacial score (nSPS) is 11.6. The van der Waals surface area contributed by atoms with Crippen LogP contribution in [-0.4, -0.2) is 4.57 Å². The highest BCUT2D eigenvalue weighted by Crippen LogP contribution is 2.42. The van der Waals surface area contributed by atoms with Crippen LogP contribution < -0.4 is 4.90 Å². The summed E-state index contributed by atoms with van der Waals surface area (Å²) in [4.78, 5) is 2.34. The SMILES string of the molecule is c1ccc(N(c2ccccc2)c2ccc3c4ccc(-c5ccc6c7ccccc7n(-c7ccccc7)c6c5)cc4c4ccccc4c3c2)cc1. The lowest BCUT2D eigenvalue weighted by Gasteiger charge is -2.26. The third-order valence-corrected chi connectivity index (χ3v) is 10.1. The van der Waals surface area contributed by atoms with Gasteiger partial charge in [0, 0.05) is 33.5 Å². The van der Waals surface area contributed by atoms with Gasteiger partial charge in [0.25, 0.3) is 0 Å². The van der Waals surface area contributed by atoms with Gasteiger partial charge in [0.2, 0.25) is 0 Å². The first-order valence-corrected chi connectivity index (χ1v) is 17.2. The first-order valence-electron chi connectivity index (χ1n) is 17.2. The van der Waals surface area contributed by atoms with E-state index < -0.39 is 0 Å². The molecule has 0 amide bonds. The van der Waals surface area contributed by atoms with Crippen molar-refractivity contribution in [1.82, 2.24) is 4.57 Å². The lowest BCUT2D eigenvalue weighted by Crippen LogP contribution is -2.09. The maximum absolute atomic E-state index is 2.39. The molecule has 0 aliphatic rings. The van der Waals surface area contributed by atoms with Gasteiger partial charge in [-0.25, -0.2) is 0 Å². The van der Waals surface area contributed by atoms with E-state index in [9.17, 15) is 0 Å². The molecule has 0 bridgehead atoms. The Morgan fingerprint density at radius 2 is 0.740 bits per heavy atom. The average Bonchev–Trinajstić information content (AvgIpc) is 3.53. The summed E-state index contributed by atoms with van der Waals surface area (Å²) in [6.45, 7) is 0. The summed E-state index contributed by atoms with van der Waals surface area (Å²) < 4.78 is 2.39. The van der Waals surface area contributed by atoms with Crippen LogP contribution in [-0.2, 0) is 0 Å². The Balaban J connectivity index is 1.17. The summed E-state index contributed by atoms with van der Waals surface area (Å²) in [5, 5.41) is 10.1. The number of fused-ring (bicyclic) bond motifs is 9. The topological polar surface area (TPSA) is 8.17 Å². The molecule has 2 nitrogen and oxygen atoms in total. The minimum Gasteiger partial charge on any atom is -0.310 e. The van der Waals surface area contributed by atoms with Crippen LogP contribution in [0.15, 0.2) is 194 Å². The van der Waals surface area contributed by atoms with Crippen molar-refractivity contribution in [2.24, 2.45) is 0 Å². The van der Waals surface area contributed by atoms with Gasteiger partial charge in [0.1, 0.15) is 0 Å². The standard InChI is InChI=1S/C48H32N2/c1-4-14-35(15-5-1)49(36-16-6-2-7-17-36)38-26-29-42-41-27-24-33(30-45(41)39-20-10-11-21-40(39)46(42)32-38)34-25-28-44-43-22-12-13-23-47(43)50(48(44)31-34)37-18-8-3-9-19-37/h1-32H. The predicted octanol–water partition coefficient (Wildman–Crippen LogP) is 13.4. The van der Waals surface area contributed by atoms with E-state index in [1.165, 1.54) is 70.9 Å². The number of aromatic nitrogens is 1. The Hall–Kier alpha value is -6.64. The largest absolute Gasteiger partial charge is 0.310 e. The van der Waals surface area contributed by atoms with Crippen LogP contribution >= 0.6 is 0 Å². The van der Waals surface area contributed by atoms with Gasteiger partial charge < -0.3 is 9.47 Å². The Bertz CT molecular complexity index is 2790. The van der Waals surface area contributed by atoms with Crippen molar-refractivity contribution in [3.05, 3.63) is 194 Å². The number of benzene rings is 9. The number of rotatable bonds is 5. The minimum absolute atomic E-state index is 1.14. The molecule has 0 saturated carbocycles. The first-order chi connectivity index (χ1) is 24.8. The van der Waals surface area contributed by atoms with E-state index >= 15 is 0 Å². The van der Waals surface area contributed by atoms with Gasteiger partial charge in [0.05, 0.1) is 11.0 Å². The summed E-state index contributed by atoms with van der Waals surface area (Å²) in [7, 11) is 0. The van der Waals surface area contributed by atoms with Gasteiger partial charge in [-0.05, 0) is 110 Å². The van der Waals surface area contributed by atoms with Gasteiger partial charge >= 0.3 is 0 Å². The van der Waals surface area contributed by atoms with Crippen LogP contribution in [0.1, 0.15) is 0 Å². The lowest BCUT2D eigenvalue weighted by molar-refractivity contribution is 1.18. The Morgan fingerprint density at radius 1 is 0.280 bits per heavy atom. The quantitative estimate of drug-likeness (QED) is 0.171. The van der Waals surface area contributed by atoms with Crippen LogP contribution in [0.5, 0.6) is 0 Å². The highest BCUT2D eigenvalue weighted by molar-refractivity contribution is 6.26. The molecule has 0 fully saturated rings. The van der Waals surface area contributed by atoms with E-state index in [1.54, 1.807) is 0 Å². The van der Waals surface area contributed by atoms with Gasteiger partial charge in [-0.3, -0.25) is 0 Å². The number of hydrogen-bond donors (Lipinski definition) is 0. The monoisotopic (exact) mass is 636 g/mol. The molecule has 9 aromatic carbocycles. The summed E-state index contributed by atoms with van der Waals surface area (Å²) in [5.41, 5.74) is 9.44. The maximum Gasteiger partial charge on any atom is 0.0547 e. The summed E-state index contributed by atoms with van der Waals surface area (Å²) in [6, 6.07) is 70.4. The van der Waals surface area contributed by atoms with Crippen LogP contribution in [0.2, 0.25) is 0 Å². The highest BCUT2D eigenvalue weighted by Gasteiger charge is 2.17. The second-order valence-corrected chi connectivity index (χ2v) is 13.0. The average molecular weight is 637 g/mol. The molecule has 50 heavy (non-hydrogen) atoms. The summed E-state index contributed by atoms with van der Waals surface area (Å²) in [5.74, 6) is 0. The molecule has 10 rings (SSSR count). The maximum atomic E-state index is 2.39. The molecule has 0 atom stereocenters. The molecule has 0 unspecified atom stereocenters. The van der Waals surface area contributed by atoms with Crippen molar-refractivity contribution in [2.75, 3.05) is 4.90 Å². The van der Waals surface area contributed by atoms with E-state index in [-0.39, 0.29) is 0 Å². The van der Waals surface area contributed by atoms with E-state index in [0.29, 0.717) is 0 Å². The molecular weight excluding hydrogens is 605 g/mol. The number of nitrogens with zero attached hydrogens (tertiary/aromatic N) is 2. The third kappa shape index (κ3) is 4.50. The van der Waals surface area contributed by atoms with Gasteiger partial charge in [-0.2, -0.15) is 0 Å². The minimum atomic E-state index is 1.14. The molecule has 10 aromatic rings. The second-order valence-electron chi connectivity index (χ2n) is 13.0. The molecule has 0 spiro atoms. The highest BCUT2D eigenvalue weighted by atomic mass is 15.1. The van der Waals surface area contributed by atoms with Crippen LogP contribution in [0, 0.1) is 0 Å². The molecule has 0 aliphatic heterocycles. The Labute approximate surface area is 290 Å². The summed E-state index contributed by atoms with van der Waals surface area (Å²) in [6.07, 6.45) is 0. The zero-order valence-corrected chi connectivity index (χ0v) is 27.4. The number of para-hydroxylation sites is 4. The van der Waals surface area contributed by atoms with Crippen LogP contribution in [0.25, 0.3) is 70.9 Å². The first kappa shape index (κ1) is 28.4. The summed E-state index contributed by atoms with van der Waals surface area (Å²) >= 11 is 0. The molecule has 0 saturated heterocycles. The fourth-order valence-electron chi connectivity index (χ4n) is 7.87. The van der Waals surface area contributed by atoms with Crippen LogP contribution in [0.4, 0.5) is 17.1 Å². The zero-order chi connectivity index (χ0) is 33.0. The molecule has 0 radical (unpaired) electrons. The van der Waals surface area contributed by atoms with Crippen molar-refractivity contribution >= 4 is 71.2 Å². The van der Waals surface area contributed by atoms with E-state index in [2.05, 4.69) is 204 Å². The fourth-order valence-corrected chi connectivity index (χ4v) is 7.87. The van der Waals surface area contributed by atoms with Crippen LogP contribution in [0.3, 0.4) is 0 Å². The van der Waals surface area contributed by atoms with Crippen molar-refractivity contribution in [2.45, 2.75) is 0 Å². The van der Waals surface area contributed by atoms with Gasteiger partial charge in [0.15, 0.2) is 0 Å². The molecule has 2 heteroatoms. The predicted molar refractivity (Wildman–Crippen MR) is 213 cm³/mol. The molecule has 1 aromatic heterocycles. The zero-order valence-electron chi connectivity index (χ0n) is 27.4. The lowest BCUT2D eigenvalue weighted by atomic mass is 9.91. The van der Waals surface area contributed by atoms with Crippen molar-refractivity contribution < 1.29 is 0 Å². The fraction of sp³-hybridized carbons (Fsp3) is 0. The Kier molecular flexibility index (Phi) is 6.53. The van der Waals surface area contributed by atoms with Crippen molar-refractivity contribution in [1.29, 1.82) is 0 Å². The third-order valence-electron chi connectivity index (χ3n) is 10.1. The van der Waals surface area contributed by atoms with E-state index in [1.807, 2.05) is 0 Å². The van der Waals surface area contributed by atoms with Crippen molar-refractivity contribution in [3.63, 3.8) is 0 Å². The van der Waals surface area contributed by atoms with Gasteiger partial charge in [-0.15, -0.1) is 0 Å². The Morgan fingerprint density at radius 3 is 1.40 bits per heavy atom. The van der Waals surface area contributed by atoms with Crippen molar-refractivity contribution in [3.8, 4) is 16.8 Å². The molecule has 0 aliphatic carbocycles. The molecule has 1 heterocycles. The number of hydrogen-bond acceptors (Lipinski definition) is 1.